The van der Waals surface area contributed by atoms with Gasteiger partial charge in [0.1, 0.15) is 0 Å². The van der Waals surface area contributed by atoms with Crippen LogP contribution in [0.1, 0.15) is 38.4 Å². The molecule has 16 heavy (non-hydrogen) atoms. The monoisotopic (exact) mass is 221 g/mol. The number of hydrogen-bond acceptors (Lipinski definition) is 3. The summed E-state index contributed by atoms with van der Waals surface area (Å²) in [6, 6.07) is 4.70. The standard InChI is InChI=1S/C13H23N3/c1-4-7-16(11(2)3)10-13-6-5-12(8-14)9-15-13/h5-6,9,11H,4,7-8,10,14H2,1-3H3. The molecule has 1 rings (SSSR count). The van der Waals surface area contributed by atoms with E-state index in [4.69, 9.17) is 5.73 Å². The van der Waals surface area contributed by atoms with Gasteiger partial charge in [-0.3, -0.25) is 9.88 Å². The van der Waals surface area contributed by atoms with Gasteiger partial charge >= 0.3 is 0 Å². The molecule has 0 fully saturated rings. The summed E-state index contributed by atoms with van der Waals surface area (Å²) >= 11 is 0. The molecule has 0 bridgehead atoms. The molecule has 0 aliphatic heterocycles. The summed E-state index contributed by atoms with van der Waals surface area (Å²) in [7, 11) is 0. The lowest BCUT2D eigenvalue weighted by Gasteiger charge is -2.25. The topological polar surface area (TPSA) is 42.1 Å². The van der Waals surface area contributed by atoms with E-state index in [0.29, 0.717) is 12.6 Å². The average molecular weight is 221 g/mol. The molecule has 1 heterocycles. The molecule has 0 saturated carbocycles. The molecule has 0 spiro atoms. The van der Waals surface area contributed by atoms with E-state index < -0.39 is 0 Å². The quantitative estimate of drug-likeness (QED) is 0.800. The highest BCUT2D eigenvalue weighted by molar-refractivity contribution is 5.13. The first-order valence-corrected chi connectivity index (χ1v) is 6.05. The van der Waals surface area contributed by atoms with Gasteiger partial charge in [0.25, 0.3) is 0 Å². The fraction of sp³-hybridized carbons (Fsp3) is 0.615. The summed E-state index contributed by atoms with van der Waals surface area (Å²) < 4.78 is 0. The van der Waals surface area contributed by atoms with Crippen LogP contribution in [-0.2, 0) is 13.1 Å². The van der Waals surface area contributed by atoms with Gasteiger partial charge in [-0.25, -0.2) is 0 Å². The lowest BCUT2D eigenvalue weighted by molar-refractivity contribution is 0.211. The molecule has 0 saturated heterocycles. The van der Waals surface area contributed by atoms with E-state index in [0.717, 1.165) is 24.3 Å². The highest BCUT2D eigenvalue weighted by Gasteiger charge is 2.09. The van der Waals surface area contributed by atoms with E-state index in [1.165, 1.54) is 6.42 Å². The van der Waals surface area contributed by atoms with Crippen LogP contribution in [0.15, 0.2) is 18.3 Å². The second kappa shape index (κ2) is 6.61. The number of pyridine rings is 1. The smallest absolute Gasteiger partial charge is 0.0544 e. The predicted molar refractivity (Wildman–Crippen MR) is 68.0 cm³/mol. The van der Waals surface area contributed by atoms with Gasteiger partial charge in [0.15, 0.2) is 0 Å². The number of nitrogens with two attached hydrogens (primary N) is 1. The third-order valence-corrected chi connectivity index (χ3v) is 2.73. The van der Waals surface area contributed by atoms with Crippen LogP contribution in [0.5, 0.6) is 0 Å². The van der Waals surface area contributed by atoms with Gasteiger partial charge in [-0.15, -0.1) is 0 Å². The Morgan fingerprint density at radius 1 is 1.38 bits per heavy atom. The maximum absolute atomic E-state index is 5.55. The van der Waals surface area contributed by atoms with Gasteiger partial charge < -0.3 is 5.73 Å². The number of rotatable bonds is 6. The minimum absolute atomic E-state index is 0.566. The van der Waals surface area contributed by atoms with Crippen LogP contribution in [0.2, 0.25) is 0 Å². The molecule has 3 nitrogen and oxygen atoms in total. The lowest BCUT2D eigenvalue weighted by Crippen LogP contribution is -2.31. The molecule has 0 aromatic carbocycles. The summed E-state index contributed by atoms with van der Waals surface area (Å²) in [5.41, 5.74) is 7.76. The van der Waals surface area contributed by atoms with Gasteiger partial charge in [0.2, 0.25) is 0 Å². The van der Waals surface area contributed by atoms with Crippen molar-refractivity contribution in [3.05, 3.63) is 29.6 Å². The molecule has 3 heteroatoms. The Kier molecular flexibility index (Phi) is 5.43. The number of aromatic nitrogens is 1. The second-order valence-corrected chi connectivity index (χ2v) is 4.43. The van der Waals surface area contributed by atoms with Gasteiger partial charge in [0.05, 0.1) is 5.69 Å². The molecule has 1 aromatic rings. The third kappa shape index (κ3) is 3.91. The van der Waals surface area contributed by atoms with Gasteiger partial charge in [-0.1, -0.05) is 13.0 Å². The van der Waals surface area contributed by atoms with Gasteiger partial charge in [-0.05, 0) is 38.4 Å². The molecular formula is C13H23N3. The van der Waals surface area contributed by atoms with Crippen LogP contribution >= 0.6 is 0 Å². The first-order chi connectivity index (χ1) is 7.67. The second-order valence-electron chi connectivity index (χ2n) is 4.43. The Hall–Kier alpha value is -0.930. The third-order valence-electron chi connectivity index (χ3n) is 2.73. The summed E-state index contributed by atoms with van der Waals surface area (Å²) in [5.74, 6) is 0. The minimum Gasteiger partial charge on any atom is -0.326 e. The van der Waals surface area contributed by atoms with Crippen LogP contribution in [0.3, 0.4) is 0 Å². The Labute approximate surface area is 98.7 Å². The maximum atomic E-state index is 5.55. The largest absolute Gasteiger partial charge is 0.326 e. The predicted octanol–water partition coefficient (Wildman–Crippen LogP) is 2.16. The Bertz CT molecular complexity index is 293. The van der Waals surface area contributed by atoms with Crippen LogP contribution in [0.25, 0.3) is 0 Å². The molecule has 1 aromatic heterocycles. The summed E-state index contributed by atoms with van der Waals surface area (Å²) in [6.45, 7) is 9.28. The molecular weight excluding hydrogens is 198 g/mol. The molecule has 2 N–H and O–H groups in total. The van der Waals surface area contributed by atoms with Crippen LogP contribution < -0.4 is 5.73 Å². The SMILES string of the molecule is CCCN(Cc1ccc(CN)cn1)C(C)C. The van der Waals surface area contributed by atoms with Crippen molar-refractivity contribution in [2.24, 2.45) is 5.73 Å². The summed E-state index contributed by atoms with van der Waals surface area (Å²) in [6.07, 6.45) is 3.05. The lowest BCUT2D eigenvalue weighted by atomic mass is 10.2. The van der Waals surface area contributed by atoms with Crippen molar-refractivity contribution in [2.45, 2.75) is 46.3 Å². The highest BCUT2D eigenvalue weighted by atomic mass is 15.1. The fourth-order valence-corrected chi connectivity index (χ4v) is 1.68. The molecule has 0 aliphatic rings. The number of nitrogens with zero attached hydrogens (tertiary/aromatic N) is 2. The zero-order valence-electron chi connectivity index (χ0n) is 10.6. The van der Waals surface area contributed by atoms with E-state index in [-0.39, 0.29) is 0 Å². The van der Waals surface area contributed by atoms with Crippen molar-refractivity contribution in [1.82, 2.24) is 9.88 Å². The van der Waals surface area contributed by atoms with E-state index in [1.54, 1.807) is 0 Å². The molecule has 0 atom stereocenters. The first kappa shape index (κ1) is 13.1. The fourth-order valence-electron chi connectivity index (χ4n) is 1.68. The van der Waals surface area contributed by atoms with Crippen molar-refractivity contribution in [2.75, 3.05) is 6.54 Å². The average Bonchev–Trinajstić information content (AvgIpc) is 2.29. The van der Waals surface area contributed by atoms with Crippen molar-refractivity contribution in [3.8, 4) is 0 Å². The van der Waals surface area contributed by atoms with Gasteiger partial charge in [-0.2, -0.15) is 0 Å². The zero-order valence-corrected chi connectivity index (χ0v) is 10.6. The minimum atomic E-state index is 0.566. The molecule has 90 valence electrons. The van der Waals surface area contributed by atoms with E-state index in [1.807, 2.05) is 6.20 Å². The van der Waals surface area contributed by atoms with Crippen molar-refractivity contribution >= 4 is 0 Å². The highest BCUT2D eigenvalue weighted by Crippen LogP contribution is 2.07. The molecule has 0 unspecified atom stereocenters. The maximum Gasteiger partial charge on any atom is 0.0544 e. The van der Waals surface area contributed by atoms with Crippen molar-refractivity contribution in [1.29, 1.82) is 0 Å². The molecule has 0 radical (unpaired) electrons. The molecule has 0 aliphatic carbocycles. The first-order valence-electron chi connectivity index (χ1n) is 6.05. The Morgan fingerprint density at radius 3 is 2.56 bits per heavy atom. The summed E-state index contributed by atoms with van der Waals surface area (Å²) in [5, 5.41) is 0. The molecule has 0 amide bonds. The van der Waals surface area contributed by atoms with Crippen molar-refractivity contribution in [3.63, 3.8) is 0 Å². The zero-order chi connectivity index (χ0) is 12.0. The Morgan fingerprint density at radius 2 is 2.12 bits per heavy atom. The van der Waals surface area contributed by atoms with E-state index in [9.17, 15) is 0 Å². The Balaban J connectivity index is 2.62. The normalized spacial score (nSPS) is 11.4. The van der Waals surface area contributed by atoms with Crippen molar-refractivity contribution < 1.29 is 0 Å². The number of hydrogen-bond donors (Lipinski definition) is 1. The summed E-state index contributed by atoms with van der Waals surface area (Å²) in [4.78, 5) is 6.87. The van der Waals surface area contributed by atoms with E-state index >= 15 is 0 Å². The van der Waals surface area contributed by atoms with E-state index in [2.05, 4.69) is 42.8 Å². The van der Waals surface area contributed by atoms with Crippen LogP contribution in [-0.4, -0.2) is 22.5 Å². The van der Waals surface area contributed by atoms with Crippen LogP contribution in [0.4, 0.5) is 0 Å². The van der Waals surface area contributed by atoms with Gasteiger partial charge in [0, 0.05) is 25.3 Å². The van der Waals surface area contributed by atoms with Crippen LogP contribution in [0, 0.1) is 0 Å².